The first kappa shape index (κ1) is 19.8. The van der Waals surface area contributed by atoms with Crippen molar-refractivity contribution in [1.29, 1.82) is 0 Å². The van der Waals surface area contributed by atoms with Crippen LogP contribution in [0, 0.1) is 11.3 Å². The highest BCUT2D eigenvalue weighted by molar-refractivity contribution is 7.89. The van der Waals surface area contributed by atoms with Crippen molar-refractivity contribution in [2.45, 2.75) is 38.0 Å². The lowest BCUT2D eigenvalue weighted by Crippen LogP contribution is -2.40. The molecule has 1 heterocycles. The molecule has 1 saturated heterocycles. The first-order chi connectivity index (χ1) is 12.7. The van der Waals surface area contributed by atoms with Gasteiger partial charge in [-0.25, -0.2) is 8.42 Å². The molecule has 0 bridgehead atoms. The zero-order chi connectivity index (χ0) is 19.8. The Bertz CT molecular complexity index is 839. The summed E-state index contributed by atoms with van der Waals surface area (Å²) < 4.78 is 26.7. The molecule has 1 spiro atoms. The smallest absolute Gasteiger partial charge is 0.307 e. The van der Waals surface area contributed by atoms with E-state index in [1.54, 1.807) is 30.9 Å². The Kier molecular flexibility index (Phi) is 5.31. The molecule has 27 heavy (non-hydrogen) atoms. The topological polar surface area (TPSA) is 95.0 Å². The summed E-state index contributed by atoms with van der Waals surface area (Å²) in [5, 5.41) is 9.17. The second-order valence-electron chi connectivity index (χ2n) is 7.37. The maximum atomic E-state index is 12.8. The van der Waals surface area contributed by atoms with Crippen LogP contribution in [0.25, 0.3) is 0 Å². The minimum absolute atomic E-state index is 0.124. The van der Waals surface area contributed by atoms with Crippen LogP contribution in [-0.2, 0) is 14.8 Å². The number of carboxylic acid groups (broad SMARTS) is 1. The minimum atomic E-state index is -3.62. The van der Waals surface area contributed by atoms with Gasteiger partial charge in [0.1, 0.15) is 0 Å². The van der Waals surface area contributed by atoms with Gasteiger partial charge in [-0.1, -0.05) is 19.9 Å². The van der Waals surface area contributed by atoms with Crippen molar-refractivity contribution in [3.05, 3.63) is 29.8 Å². The van der Waals surface area contributed by atoms with Crippen LogP contribution in [-0.4, -0.2) is 60.8 Å². The number of hydrogen-bond acceptors (Lipinski definition) is 4. The second kappa shape index (κ2) is 7.24. The molecule has 1 aromatic carbocycles. The van der Waals surface area contributed by atoms with Crippen LogP contribution in [0.3, 0.4) is 0 Å². The van der Waals surface area contributed by atoms with E-state index < -0.39 is 16.0 Å². The Morgan fingerprint density at radius 3 is 2.37 bits per heavy atom. The Morgan fingerprint density at radius 1 is 1.22 bits per heavy atom. The number of hydrogen-bond donors (Lipinski definition) is 1. The molecule has 1 amide bonds. The molecule has 2 fully saturated rings. The van der Waals surface area contributed by atoms with Gasteiger partial charge in [-0.05, 0) is 42.9 Å². The quantitative estimate of drug-likeness (QED) is 0.797. The van der Waals surface area contributed by atoms with Gasteiger partial charge in [0.25, 0.3) is 5.91 Å². The Balaban J connectivity index is 1.73. The molecule has 1 atom stereocenters. The van der Waals surface area contributed by atoms with E-state index in [0.29, 0.717) is 51.0 Å². The van der Waals surface area contributed by atoms with Crippen LogP contribution in [0.5, 0.6) is 0 Å². The highest BCUT2D eigenvalue weighted by atomic mass is 32.2. The molecule has 1 aliphatic heterocycles. The van der Waals surface area contributed by atoms with Gasteiger partial charge in [0.2, 0.25) is 10.0 Å². The van der Waals surface area contributed by atoms with E-state index in [9.17, 15) is 23.1 Å². The standard InChI is InChI=1S/C19H26N2O5S/c1-3-21(4-2)27(25,26)15-7-5-6-14(12-15)17(22)20-10-8-19(9-11-20)13-16(19)18(23)24/h5-7,12,16H,3-4,8-11,13H2,1-2H3,(H,23,24). The number of benzene rings is 1. The fourth-order valence-electron chi connectivity index (χ4n) is 4.09. The summed E-state index contributed by atoms with van der Waals surface area (Å²) >= 11 is 0. The van der Waals surface area contributed by atoms with E-state index in [1.807, 2.05) is 0 Å². The molecule has 1 aliphatic carbocycles. The highest BCUT2D eigenvalue weighted by Crippen LogP contribution is 2.59. The zero-order valence-corrected chi connectivity index (χ0v) is 16.5. The van der Waals surface area contributed by atoms with Gasteiger partial charge in [-0.15, -0.1) is 0 Å². The predicted molar refractivity (Wildman–Crippen MR) is 99.9 cm³/mol. The van der Waals surface area contributed by atoms with Gasteiger partial charge < -0.3 is 10.0 Å². The molecule has 8 heteroatoms. The van der Waals surface area contributed by atoms with Crippen LogP contribution in [0.2, 0.25) is 0 Å². The van der Waals surface area contributed by atoms with E-state index in [-0.39, 0.29) is 22.1 Å². The largest absolute Gasteiger partial charge is 0.481 e. The molecule has 3 rings (SSSR count). The van der Waals surface area contributed by atoms with E-state index in [1.165, 1.54) is 16.4 Å². The third-order valence-electron chi connectivity index (χ3n) is 5.96. The van der Waals surface area contributed by atoms with Crippen molar-refractivity contribution in [3.8, 4) is 0 Å². The highest BCUT2D eigenvalue weighted by Gasteiger charge is 2.59. The summed E-state index contributed by atoms with van der Waals surface area (Å²) in [6.07, 6.45) is 2.07. The molecule has 1 aromatic rings. The lowest BCUT2D eigenvalue weighted by Gasteiger charge is -2.32. The predicted octanol–water partition coefficient (Wildman–Crippen LogP) is 2.04. The van der Waals surface area contributed by atoms with Crippen molar-refractivity contribution in [3.63, 3.8) is 0 Å². The Labute approximate surface area is 160 Å². The lowest BCUT2D eigenvalue weighted by atomic mass is 9.90. The van der Waals surface area contributed by atoms with E-state index in [4.69, 9.17) is 0 Å². The summed E-state index contributed by atoms with van der Waals surface area (Å²) in [5.41, 5.74) is 0.209. The number of rotatable bonds is 6. The number of aliphatic carboxylic acids is 1. The molecule has 2 aliphatic rings. The summed E-state index contributed by atoms with van der Waals surface area (Å²) in [7, 11) is -3.62. The maximum Gasteiger partial charge on any atom is 0.307 e. The third-order valence-corrected chi connectivity index (χ3v) is 8.00. The third kappa shape index (κ3) is 3.60. The minimum Gasteiger partial charge on any atom is -0.481 e. The van der Waals surface area contributed by atoms with Crippen LogP contribution >= 0.6 is 0 Å². The van der Waals surface area contributed by atoms with Crippen LogP contribution in [0.4, 0.5) is 0 Å². The number of likely N-dealkylation sites (tertiary alicyclic amines) is 1. The number of nitrogens with zero attached hydrogens (tertiary/aromatic N) is 2. The number of piperidine rings is 1. The maximum absolute atomic E-state index is 12.8. The summed E-state index contributed by atoms with van der Waals surface area (Å²) in [4.78, 5) is 25.8. The first-order valence-corrected chi connectivity index (χ1v) is 10.8. The normalized spacial score (nSPS) is 21.4. The second-order valence-corrected chi connectivity index (χ2v) is 9.30. The number of carbonyl (C=O) groups excluding carboxylic acids is 1. The van der Waals surface area contributed by atoms with Crippen LogP contribution in [0.15, 0.2) is 29.2 Å². The number of carbonyl (C=O) groups is 2. The van der Waals surface area contributed by atoms with Crippen molar-refractivity contribution >= 4 is 21.9 Å². The first-order valence-electron chi connectivity index (χ1n) is 9.37. The fourth-order valence-corrected chi connectivity index (χ4v) is 5.59. The fraction of sp³-hybridized carbons (Fsp3) is 0.579. The molecule has 0 radical (unpaired) electrons. The molecule has 0 aromatic heterocycles. The van der Waals surface area contributed by atoms with Gasteiger partial charge in [0.05, 0.1) is 10.8 Å². The summed E-state index contributed by atoms with van der Waals surface area (Å²) in [6, 6.07) is 6.18. The van der Waals surface area contributed by atoms with E-state index >= 15 is 0 Å². The average molecular weight is 394 g/mol. The van der Waals surface area contributed by atoms with Crippen LogP contribution < -0.4 is 0 Å². The van der Waals surface area contributed by atoms with Gasteiger partial charge in [0, 0.05) is 31.7 Å². The van der Waals surface area contributed by atoms with Gasteiger partial charge in [0.15, 0.2) is 0 Å². The number of amides is 1. The molecule has 1 unspecified atom stereocenters. The summed E-state index contributed by atoms with van der Waals surface area (Å²) in [5.74, 6) is -1.23. The molecule has 1 N–H and O–H groups in total. The van der Waals surface area contributed by atoms with Crippen molar-refractivity contribution in [2.75, 3.05) is 26.2 Å². The molecular weight excluding hydrogens is 368 g/mol. The number of sulfonamides is 1. The van der Waals surface area contributed by atoms with Crippen molar-refractivity contribution in [1.82, 2.24) is 9.21 Å². The lowest BCUT2D eigenvalue weighted by molar-refractivity contribution is -0.139. The SMILES string of the molecule is CCN(CC)S(=O)(=O)c1cccc(C(=O)N2CCC3(CC2)CC3C(=O)O)c1. The molecule has 1 saturated carbocycles. The summed E-state index contributed by atoms with van der Waals surface area (Å²) in [6.45, 7) is 5.32. The van der Waals surface area contributed by atoms with Crippen molar-refractivity contribution < 1.29 is 23.1 Å². The van der Waals surface area contributed by atoms with E-state index in [0.717, 1.165) is 0 Å². The Morgan fingerprint density at radius 2 is 1.85 bits per heavy atom. The van der Waals surface area contributed by atoms with Gasteiger partial charge >= 0.3 is 5.97 Å². The van der Waals surface area contributed by atoms with Crippen LogP contribution in [0.1, 0.15) is 43.5 Å². The molecule has 148 valence electrons. The van der Waals surface area contributed by atoms with E-state index in [2.05, 4.69) is 0 Å². The monoisotopic (exact) mass is 394 g/mol. The molecular formula is C19H26N2O5S. The molecule has 7 nitrogen and oxygen atoms in total. The average Bonchev–Trinajstić information content (AvgIpc) is 3.36. The van der Waals surface area contributed by atoms with Crippen molar-refractivity contribution in [2.24, 2.45) is 11.3 Å². The van der Waals surface area contributed by atoms with Gasteiger partial charge in [-0.3, -0.25) is 9.59 Å². The Hall–Kier alpha value is -1.93. The zero-order valence-electron chi connectivity index (χ0n) is 15.7. The van der Waals surface area contributed by atoms with Gasteiger partial charge in [-0.2, -0.15) is 4.31 Å². The number of carboxylic acids is 1.